The number of carbonyl (C=O) groups is 5. The fourth-order valence-electron chi connectivity index (χ4n) is 6.17. The molecule has 5 aromatic rings. The van der Waals surface area contributed by atoms with Gasteiger partial charge >= 0.3 is 11.9 Å². The highest BCUT2D eigenvalue weighted by molar-refractivity contribution is 5.99. The van der Waals surface area contributed by atoms with Crippen LogP contribution in [0.25, 0.3) is 0 Å². The van der Waals surface area contributed by atoms with Crippen LogP contribution in [0.4, 0.5) is 51.7 Å². The van der Waals surface area contributed by atoms with Gasteiger partial charge in [0.25, 0.3) is 5.91 Å². The van der Waals surface area contributed by atoms with Crippen LogP contribution in [0, 0.1) is 0 Å². The first kappa shape index (κ1) is 51.7. The summed E-state index contributed by atoms with van der Waals surface area (Å²) in [5.41, 5.74) is 36.6. The first-order valence-corrected chi connectivity index (χ1v) is 22.0. The Hall–Kier alpha value is -8.25. The summed E-state index contributed by atoms with van der Waals surface area (Å²) in [7, 11) is 0. The molecule has 3 aromatic carbocycles. The zero-order valence-electron chi connectivity index (χ0n) is 37.7. The Bertz CT molecular complexity index is 2610. The number of esters is 2. The van der Waals surface area contributed by atoms with Crippen LogP contribution >= 0.6 is 0 Å². The Balaban J connectivity index is 1.35. The van der Waals surface area contributed by atoms with E-state index in [9.17, 15) is 24.0 Å². The predicted octanol–water partition coefficient (Wildman–Crippen LogP) is 5.00. The molecule has 0 fully saturated rings. The average Bonchev–Trinajstić information content (AvgIpc) is 3.33. The fourth-order valence-corrected chi connectivity index (χ4v) is 6.17. The number of unbranched alkanes of at least 4 members (excludes halogenated alkanes) is 2. The number of rotatable bonds is 25. The second-order valence-corrected chi connectivity index (χ2v) is 15.2. The number of pyridine rings is 2. The minimum atomic E-state index is -0.951. The largest absolute Gasteiger partial charge is 0.423 e. The Morgan fingerprint density at radius 2 is 1.14 bits per heavy atom. The Morgan fingerprint density at radius 1 is 0.580 bits per heavy atom. The third-order valence-electron chi connectivity index (χ3n) is 9.78. The van der Waals surface area contributed by atoms with Gasteiger partial charge in [-0.05, 0) is 112 Å². The van der Waals surface area contributed by atoms with Gasteiger partial charge in [0.15, 0.2) is 23.1 Å². The van der Waals surface area contributed by atoms with Crippen LogP contribution in [0.3, 0.4) is 0 Å². The highest BCUT2D eigenvalue weighted by Crippen LogP contribution is 2.35. The number of hydrogen-bond acceptors (Lipinski definition) is 20. The summed E-state index contributed by atoms with van der Waals surface area (Å²) < 4.78 is 11.6. The second-order valence-electron chi connectivity index (χ2n) is 15.2. The number of carbonyl (C=O) groups excluding carboxylic acids is 5. The molecule has 3 amide bonds. The van der Waals surface area contributed by atoms with E-state index in [1.165, 1.54) is 36.4 Å². The summed E-state index contributed by atoms with van der Waals surface area (Å²) in [5, 5.41) is 28.0. The Morgan fingerprint density at radius 3 is 1.78 bits per heavy atom. The average molecular weight is 945 g/mol. The third kappa shape index (κ3) is 16.5. The topological polar surface area (TPSA) is 383 Å². The number of nitrogens with two attached hydrogens (primary N) is 6. The van der Waals surface area contributed by atoms with E-state index in [0.29, 0.717) is 62.9 Å². The number of benzene rings is 3. The van der Waals surface area contributed by atoms with Crippen LogP contribution in [0.1, 0.15) is 55.3 Å². The van der Waals surface area contributed by atoms with Crippen molar-refractivity contribution in [3.05, 3.63) is 103 Å². The number of nitrogens with zero attached hydrogens (tertiary/aromatic N) is 6. The van der Waals surface area contributed by atoms with Gasteiger partial charge in [0, 0.05) is 24.2 Å². The van der Waals surface area contributed by atoms with Crippen LogP contribution < -0.4 is 65.1 Å². The minimum Gasteiger partial charge on any atom is -0.423 e. The van der Waals surface area contributed by atoms with Crippen molar-refractivity contribution in [2.45, 2.75) is 57.0 Å². The van der Waals surface area contributed by atoms with Crippen molar-refractivity contribution in [1.29, 1.82) is 0 Å². The van der Waals surface area contributed by atoms with Crippen LogP contribution in [0.2, 0.25) is 0 Å². The standard InChI is InChI=1S/C46H56N16O7/c47-23-8-6-12-30(50)45(66)68-37-19-16-29(26-35(37)62-61-33-18-21-39(58-43(33)52)56-41(64)27-53-44(65)28-10-2-1-3-11-28)54-34(14-7-9-24-48)46(67)69-36-15-5-4-13-31(36)59-60-32-17-20-38(57-42(32)51)55-40(63)22-25-49/h1-5,10-11,13,15-21,26,30,34,54H,6-9,12,14,22-25,27,47-50H2,(H,53,65)(H3,51,55,57,63)(H3,52,56,58,64)/b60-59+,62-61+/t30-,34-/m0/s1. The zero-order valence-corrected chi connectivity index (χ0v) is 37.7. The molecule has 0 bridgehead atoms. The molecule has 0 saturated heterocycles. The van der Waals surface area contributed by atoms with Gasteiger partial charge in [-0.15, -0.1) is 20.5 Å². The van der Waals surface area contributed by atoms with Crippen molar-refractivity contribution in [2.24, 2.45) is 43.4 Å². The number of para-hydroxylation sites is 1. The molecule has 69 heavy (non-hydrogen) atoms. The van der Waals surface area contributed by atoms with E-state index in [4.69, 9.17) is 43.9 Å². The van der Waals surface area contributed by atoms with Gasteiger partial charge in [-0.1, -0.05) is 36.8 Å². The predicted molar refractivity (Wildman–Crippen MR) is 261 cm³/mol. The lowest BCUT2D eigenvalue weighted by Crippen LogP contribution is -2.34. The van der Waals surface area contributed by atoms with Gasteiger partial charge in [0.05, 0.1) is 6.54 Å². The second kappa shape index (κ2) is 26.8. The highest BCUT2D eigenvalue weighted by Gasteiger charge is 2.24. The quantitative estimate of drug-likeness (QED) is 0.0159. The fraction of sp³-hybridized carbons (Fsp3) is 0.283. The van der Waals surface area contributed by atoms with Gasteiger partial charge in [-0.25, -0.2) is 19.6 Å². The van der Waals surface area contributed by atoms with E-state index in [0.717, 1.165) is 0 Å². The number of azo groups is 2. The monoisotopic (exact) mass is 944 g/mol. The molecule has 5 rings (SSSR count). The summed E-state index contributed by atoms with van der Waals surface area (Å²) in [6.07, 6.45) is 3.20. The van der Waals surface area contributed by atoms with Crippen molar-refractivity contribution in [2.75, 3.05) is 53.6 Å². The Kier molecular flexibility index (Phi) is 20.1. The summed E-state index contributed by atoms with van der Waals surface area (Å²) in [5.74, 6) is -2.38. The molecule has 2 heterocycles. The smallest absolute Gasteiger partial charge is 0.334 e. The lowest BCUT2D eigenvalue weighted by molar-refractivity contribution is -0.136. The van der Waals surface area contributed by atoms with Crippen molar-refractivity contribution in [3.63, 3.8) is 0 Å². The first-order valence-electron chi connectivity index (χ1n) is 22.0. The molecule has 362 valence electrons. The van der Waals surface area contributed by atoms with Crippen molar-refractivity contribution in [3.8, 4) is 11.5 Å². The minimum absolute atomic E-state index is 0.0000837. The number of ether oxygens (including phenoxy) is 2. The van der Waals surface area contributed by atoms with Crippen molar-refractivity contribution in [1.82, 2.24) is 15.3 Å². The molecule has 2 atom stereocenters. The van der Waals surface area contributed by atoms with E-state index in [2.05, 4.69) is 51.7 Å². The molecule has 0 radical (unpaired) electrons. The third-order valence-corrected chi connectivity index (χ3v) is 9.78. The maximum Gasteiger partial charge on any atom is 0.334 e. The summed E-state index contributed by atoms with van der Waals surface area (Å²) >= 11 is 0. The molecule has 2 aromatic heterocycles. The highest BCUT2D eigenvalue weighted by atomic mass is 16.5. The molecular formula is C46H56N16O7. The molecule has 16 N–H and O–H groups in total. The molecule has 0 saturated carbocycles. The molecule has 0 unspecified atom stereocenters. The van der Waals surface area contributed by atoms with Gasteiger partial charge < -0.3 is 65.1 Å². The molecule has 23 heteroatoms. The number of amides is 3. The van der Waals surface area contributed by atoms with E-state index in [1.54, 1.807) is 60.7 Å². The van der Waals surface area contributed by atoms with Gasteiger partial charge in [0.1, 0.15) is 46.5 Å². The number of anilines is 5. The van der Waals surface area contributed by atoms with Gasteiger partial charge in [-0.2, -0.15) is 0 Å². The molecular weight excluding hydrogens is 889 g/mol. The number of hydrogen-bond donors (Lipinski definition) is 10. The van der Waals surface area contributed by atoms with Crippen molar-refractivity contribution >= 4 is 81.4 Å². The van der Waals surface area contributed by atoms with E-state index >= 15 is 0 Å². The maximum atomic E-state index is 14.0. The van der Waals surface area contributed by atoms with Gasteiger partial charge in [0.2, 0.25) is 11.8 Å². The molecule has 0 aliphatic heterocycles. The molecule has 0 aliphatic rings. The molecule has 23 nitrogen and oxygen atoms in total. The maximum absolute atomic E-state index is 14.0. The zero-order chi connectivity index (χ0) is 49.5. The Labute approximate surface area is 397 Å². The molecule has 0 aliphatic carbocycles. The van der Waals surface area contributed by atoms with Gasteiger partial charge in [-0.3, -0.25) is 14.4 Å². The molecule has 0 spiro atoms. The number of nitrogen functional groups attached to an aromatic ring is 2. The van der Waals surface area contributed by atoms with E-state index < -0.39 is 35.8 Å². The number of nitrogens with one attached hydrogen (secondary N) is 4. The first-order chi connectivity index (χ1) is 33.4. The van der Waals surface area contributed by atoms with Crippen LogP contribution in [0.15, 0.2) is 118 Å². The van der Waals surface area contributed by atoms with Crippen molar-refractivity contribution < 1.29 is 33.4 Å². The van der Waals surface area contributed by atoms with Crippen LogP contribution in [-0.2, 0) is 19.2 Å². The summed E-state index contributed by atoms with van der Waals surface area (Å²) in [6, 6.07) is 23.5. The summed E-state index contributed by atoms with van der Waals surface area (Å²) in [4.78, 5) is 72.3. The van der Waals surface area contributed by atoms with E-state index in [1.807, 2.05) is 0 Å². The van der Waals surface area contributed by atoms with Crippen LogP contribution in [-0.4, -0.2) is 77.9 Å². The van der Waals surface area contributed by atoms with Crippen LogP contribution in [0.5, 0.6) is 11.5 Å². The lowest BCUT2D eigenvalue weighted by atomic mass is 10.1. The number of aromatic nitrogens is 2. The van der Waals surface area contributed by atoms with E-state index in [-0.39, 0.29) is 82.9 Å². The summed E-state index contributed by atoms with van der Waals surface area (Å²) in [6.45, 7) is 0.685. The normalized spacial score (nSPS) is 12.0. The lowest BCUT2D eigenvalue weighted by Gasteiger charge is -2.20. The SMILES string of the molecule is NCCCC[C@H](Nc1ccc(OC(=O)[C@@H](N)CCCCN)c(/N=N/c2ccc(NC(=O)CNC(=O)c3ccccc3)nc2N)c1)C(=O)Oc1ccccc1/N=N/c1ccc(NC(=O)CCN)nc1N.